The van der Waals surface area contributed by atoms with Gasteiger partial charge >= 0.3 is 0 Å². The van der Waals surface area contributed by atoms with Crippen LogP contribution in [-0.4, -0.2) is 66.3 Å². The van der Waals surface area contributed by atoms with Crippen LogP contribution in [0.3, 0.4) is 0 Å². The zero-order chi connectivity index (χ0) is 27.6. The Morgan fingerprint density at radius 2 is 1.85 bits per heavy atom. The van der Waals surface area contributed by atoms with Gasteiger partial charge in [0.1, 0.15) is 29.1 Å². The molecule has 0 bridgehead atoms. The minimum atomic E-state index is -3.24. The van der Waals surface area contributed by atoms with Crippen molar-refractivity contribution in [3.05, 3.63) is 65.5 Å². The molecule has 1 aliphatic heterocycles. The van der Waals surface area contributed by atoms with Crippen LogP contribution in [0, 0.1) is 11.3 Å². The maximum Gasteiger partial charge on any atom is 0.177 e. The number of nitriles is 1. The third-order valence-corrected chi connectivity index (χ3v) is 7.22. The third-order valence-electron chi connectivity index (χ3n) is 6.39. The molecule has 1 fully saturated rings. The summed E-state index contributed by atoms with van der Waals surface area (Å²) in [4.78, 5) is 13.5. The summed E-state index contributed by atoms with van der Waals surface area (Å²) in [5.74, 6) is 1.62. The van der Waals surface area contributed by atoms with Gasteiger partial charge in [0.15, 0.2) is 15.5 Å². The van der Waals surface area contributed by atoms with E-state index in [1.165, 1.54) is 12.5 Å². The van der Waals surface area contributed by atoms with E-state index in [0.29, 0.717) is 34.4 Å². The number of pyridine rings is 1. The van der Waals surface area contributed by atoms with Crippen molar-refractivity contribution in [3.63, 3.8) is 0 Å². The molecule has 3 aromatic heterocycles. The number of hydrogen-bond acceptors (Lipinski definition) is 10. The molecule has 11 nitrogen and oxygen atoms in total. The smallest absolute Gasteiger partial charge is 0.177 e. The van der Waals surface area contributed by atoms with Gasteiger partial charge in [-0.05, 0) is 62.3 Å². The second-order valence-corrected chi connectivity index (χ2v) is 12.2. The molecule has 202 valence electrons. The van der Waals surface area contributed by atoms with Crippen molar-refractivity contribution in [1.82, 2.24) is 24.5 Å². The normalized spacial score (nSPS) is 13.7. The van der Waals surface area contributed by atoms with Crippen molar-refractivity contribution in [2.24, 2.45) is 0 Å². The van der Waals surface area contributed by atoms with Crippen molar-refractivity contribution >= 4 is 44.3 Å². The standard InChI is InChI=1S/C27H31N9O2S/c1-34(2)17-19-6-9-24(29-15-19)32-26-13-25(33-27-21(14-28)16-30-36(26)27)31-22-7-8-23(35-10-4-5-11-35)20(12-22)18-39(3,37)38/h6-9,12-13,15-16H,4-5,10-11,17-18H2,1-3H3,(H,29,32)(H,31,33). The van der Waals surface area contributed by atoms with Crippen LogP contribution in [0.4, 0.5) is 28.8 Å². The number of nitrogens with one attached hydrogen (secondary N) is 2. The molecule has 0 aliphatic carbocycles. The lowest BCUT2D eigenvalue weighted by molar-refractivity contribution is 0.402. The van der Waals surface area contributed by atoms with E-state index in [-0.39, 0.29) is 5.75 Å². The average molecular weight is 546 g/mol. The Labute approximate surface area is 228 Å². The fourth-order valence-electron chi connectivity index (χ4n) is 4.76. The highest BCUT2D eigenvalue weighted by molar-refractivity contribution is 7.89. The second-order valence-electron chi connectivity index (χ2n) is 10.1. The van der Waals surface area contributed by atoms with Crippen LogP contribution in [0.2, 0.25) is 0 Å². The molecule has 4 aromatic rings. The quantitative estimate of drug-likeness (QED) is 0.321. The van der Waals surface area contributed by atoms with Crippen molar-refractivity contribution in [2.75, 3.05) is 49.0 Å². The first-order chi connectivity index (χ1) is 18.7. The van der Waals surface area contributed by atoms with E-state index in [2.05, 4.69) is 41.6 Å². The summed E-state index contributed by atoms with van der Waals surface area (Å²) >= 11 is 0. The van der Waals surface area contributed by atoms with Crippen LogP contribution in [0.5, 0.6) is 0 Å². The van der Waals surface area contributed by atoms with Crippen molar-refractivity contribution in [3.8, 4) is 6.07 Å². The van der Waals surface area contributed by atoms with E-state index < -0.39 is 9.84 Å². The number of benzene rings is 1. The minimum absolute atomic E-state index is 0.0513. The van der Waals surface area contributed by atoms with Gasteiger partial charge in [-0.1, -0.05) is 6.07 Å². The van der Waals surface area contributed by atoms with Crippen LogP contribution >= 0.6 is 0 Å². The Balaban J connectivity index is 1.48. The first-order valence-corrected chi connectivity index (χ1v) is 14.7. The number of nitrogens with zero attached hydrogens (tertiary/aromatic N) is 7. The van der Waals surface area contributed by atoms with Gasteiger partial charge in [-0.15, -0.1) is 0 Å². The van der Waals surface area contributed by atoms with Crippen LogP contribution in [0.25, 0.3) is 5.65 Å². The lowest BCUT2D eigenvalue weighted by Gasteiger charge is -2.22. The summed E-state index contributed by atoms with van der Waals surface area (Å²) in [7, 11) is 0.768. The van der Waals surface area contributed by atoms with E-state index in [4.69, 9.17) is 0 Å². The molecule has 12 heteroatoms. The summed E-state index contributed by atoms with van der Waals surface area (Å²) in [6.45, 7) is 2.61. The van der Waals surface area contributed by atoms with Crippen molar-refractivity contribution < 1.29 is 8.42 Å². The minimum Gasteiger partial charge on any atom is -0.371 e. The van der Waals surface area contributed by atoms with Crippen LogP contribution in [-0.2, 0) is 22.1 Å². The Morgan fingerprint density at radius 1 is 1.05 bits per heavy atom. The van der Waals surface area contributed by atoms with Gasteiger partial charge in [-0.25, -0.2) is 18.4 Å². The van der Waals surface area contributed by atoms with Gasteiger partial charge in [0.05, 0.1) is 11.9 Å². The lowest BCUT2D eigenvalue weighted by atomic mass is 10.1. The van der Waals surface area contributed by atoms with Crippen molar-refractivity contribution in [2.45, 2.75) is 25.1 Å². The zero-order valence-electron chi connectivity index (χ0n) is 22.2. The summed E-state index contributed by atoms with van der Waals surface area (Å²) < 4.78 is 26.0. The van der Waals surface area contributed by atoms with Crippen LogP contribution in [0.1, 0.15) is 29.5 Å². The highest BCUT2D eigenvalue weighted by Gasteiger charge is 2.19. The van der Waals surface area contributed by atoms with Crippen LogP contribution in [0.15, 0.2) is 48.8 Å². The maximum atomic E-state index is 12.2. The van der Waals surface area contributed by atoms with E-state index >= 15 is 0 Å². The fraction of sp³-hybridized carbons (Fsp3) is 0.333. The van der Waals surface area contributed by atoms with E-state index in [0.717, 1.165) is 49.3 Å². The number of aromatic nitrogens is 4. The highest BCUT2D eigenvalue weighted by Crippen LogP contribution is 2.31. The Hall–Kier alpha value is -4.21. The molecule has 4 heterocycles. The zero-order valence-corrected chi connectivity index (χ0v) is 23.0. The molecule has 0 atom stereocenters. The molecule has 0 unspecified atom stereocenters. The number of hydrogen-bond donors (Lipinski definition) is 2. The highest BCUT2D eigenvalue weighted by atomic mass is 32.2. The molecule has 0 amide bonds. The average Bonchev–Trinajstić information content (AvgIpc) is 3.54. The third kappa shape index (κ3) is 6.27. The number of rotatable bonds is 9. The van der Waals surface area contributed by atoms with Crippen molar-refractivity contribution in [1.29, 1.82) is 5.26 Å². The number of sulfone groups is 1. The first kappa shape index (κ1) is 26.4. The van der Waals surface area contributed by atoms with E-state index in [1.807, 2.05) is 50.6 Å². The molecular weight excluding hydrogens is 514 g/mol. The molecule has 1 aliphatic rings. The molecule has 1 aromatic carbocycles. The number of anilines is 5. The topological polar surface area (TPSA) is 132 Å². The summed E-state index contributed by atoms with van der Waals surface area (Å²) in [6.07, 6.45) is 6.73. The summed E-state index contributed by atoms with van der Waals surface area (Å²) in [6, 6.07) is 13.6. The predicted molar refractivity (Wildman–Crippen MR) is 152 cm³/mol. The summed E-state index contributed by atoms with van der Waals surface area (Å²) in [5.41, 5.74) is 4.19. The van der Waals surface area contributed by atoms with E-state index in [9.17, 15) is 13.7 Å². The SMILES string of the molecule is CN(C)Cc1ccc(Nc2cc(Nc3ccc(N4CCCC4)c(CS(C)(=O)=O)c3)nc3c(C#N)cnn23)nc1. The molecule has 0 saturated carbocycles. The Morgan fingerprint density at radius 3 is 2.51 bits per heavy atom. The molecule has 1 saturated heterocycles. The molecule has 0 radical (unpaired) electrons. The summed E-state index contributed by atoms with van der Waals surface area (Å²) in [5, 5.41) is 20.5. The molecular formula is C27H31N9O2S. The van der Waals surface area contributed by atoms with Gasteiger partial charge in [-0.3, -0.25) is 0 Å². The fourth-order valence-corrected chi connectivity index (χ4v) is 5.56. The van der Waals surface area contributed by atoms with Crippen LogP contribution < -0.4 is 15.5 Å². The van der Waals surface area contributed by atoms with Gasteiger partial charge in [-0.2, -0.15) is 14.9 Å². The van der Waals surface area contributed by atoms with Gasteiger partial charge < -0.3 is 20.4 Å². The predicted octanol–water partition coefficient (Wildman–Crippen LogP) is 3.69. The molecule has 0 spiro atoms. The van der Waals surface area contributed by atoms with Gasteiger partial charge in [0.25, 0.3) is 0 Å². The van der Waals surface area contributed by atoms with Gasteiger partial charge in [0.2, 0.25) is 0 Å². The molecule has 39 heavy (non-hydrogen) atoms. The molecule has 2 N–H and O–H groups in total. The monoisotopic (exact) mass is 545 g/mol. The first-order valence-electron chi connectivity index (χ1n) is 12.7. The van der Waals surface area contributed by atoms with E-state index in [1.54, 1.807) is 10.6 Å². The van der Waals surface area contributed by atoms with Gasteiger partial charge in [0, 0.05) is 49.5 Å². The lowest BCUT2D eigenvalue weighted by Crippen LogP contribution is -2.20. The Kier molecular flexibility index (Phi) is 7.36. The largest absolute Gasteiger partial charge is 0.371 e. The Bertz CT molecular complexity index is 1630. The maximum absolute atomic E-state index is 12.2. The molecule has 5 rings (SSSR count). The second kappa shape index (κ2) is 10.9. The number of fused-ring (bicyclic) bond motifs is 1.